The predicted molar refractivity (Wildman–Crippen MR) is 105 cm³/mol. The van der Waals surface area contributed by atoms with Crippen molar-refractivity contribution in [3.05, 3.63) is 53.6 Å². The number of amides is 2. The maximum atomic E-state index is 12.7. The molecule has 2 N–H and O–H groups in total. The number of aryl methyl sites for hydroxylation is 1. The van der Waals surface area contributed by atoms with E-state index in [0.29, 0.717) is 6.54 Å². The molecule has 0 unspecified atom stereocenters. The molecule has 0 atom stereocenters. The van der Waals surface area contributed by atoms with Gasteiger partial charge in [-0.1, -0.05) is 18.2 Å². The molecule has 0 aliphatic rings. The standard InChI is InChI=1S/C20H27N3O3/c1-15-13-17(22(2)3)9-10-18(15)21-20(25)23(11-12-24)14-16-7-5-6-8-19(16)26-4/h5-10,13,24H,11-12,14H2,1-4H3,(H,21,25). The van der Waals surface area contributed by atoms with Crippen LogP contribution in [0.2, 0.25) is 0 Å². The fourth-order valence-electron chi connectivity index (χ4n) is 2.67. The van der Waals surface area contributed by atoms with Gasteiger partial charge in [-0.15, -0.1) is 0 Å². The Kier molecular flexibility index (Phi) is 6.86. The van der Waals surface area contributed by atoms with Crippen molar-refractivity contribution in [2.24, 2.45) is 0 Å². The molecular weight excluding hydrogens is 330 g/mol. The number of hydrogen-bond donors (Lipinski definition) is 2. The van der Waals surface area contributed by atoms with Crippen molar-refractivity contribution in [3.63, 3.8) is 0 Å². The minimum atomic E-state index is -0.259. The van der Waals surface area contributed by atoms with Crippen LogP contribution < -0.4 is 15.0 Å². The average Bonchev–Trinajstić information content (AvgIpc) is 2.63. The van der Waals surface area contributed by atoms with Crippen LogP contribution in [0.25, 0.3) is 0 Å². The molecule has 6 nitrogen and oxygen atoms in total. The summed E-state index contributed by atoms with van der Waals surface area (Å²) in [6, 6.07) is 13.2. The third kappa shape index (κ3) is 4.89. The van der Waals surface area contributed by atoms with E-state index in [2.05, 4.69) is 5.32 Å². The third-order valence-electron chi connectivity index (χ3n) is 4.18. The summed E-state index contributed by atoms with van der Waals surface area (Å²) in [5, 5.41) is 12.3. The number of hydrogen-bond acceptors (Lipinski definition) is 4. The molecule has 0 saturated carbocycles. The number of urea groups is 1. The minimum absolute atomic E-state index is 0.110. The normalized spacial score (nSPS) is 10.3. The zero-order chi connectivity index (χ0) is 19.1. The number of nitrogens with zero attached hydrogens (tertiary/aromatic N) is 2. The van der Waals surface area contributed by atoms with Gasteiger partial charge in [0.1, 0.15) is 5.75 Å². The molecule has 0 saturated heterocycles. The van der Waals surface area contributed by atoms with Crippen LogP contribution >= 0.6 is 0 Å². The first-order valence-electron chi connectivity index (χ1n) is 8.53. The molecule has 0 heterocycles. The second-order valence-corrected chi connectivity index (χ2v) is 6.28. The molecule has 2 amide bonds. The highest BCUT2D eigenvalue weighted by Crippen LogP contribution is 2.23. The number of ether oxygens (including phenoxy) is 1. The molecule has 0 aliphatic carbocycles. The summed E-state index contributed by atoms with van der Waals surface area (Å²) in [6.07, 6.45) is 0. The SMILES string of the molecule is COc1ccccc1CN(CCO)C(=O)Nc1ccc(N(C)C)cc1C. The first-order chi connectivity index (χ1) is 12.5. The van der Waals surface area contributed by atoms with Crippen molar-refractivity contribution >= 4 is 17.4 Å². The second-order valence-electron chi connectivity index (χ2n) is 6.28. The number of methoxy groups -OCH3 is 1. The Balaban J connectivity index is 2.16. The Morgan fingerprint density at radius 2 is 1.92 bits per heavy atom. The van der Waals surface area contributed by atoms with Crippen LogP contribution in [0.4, 0.5) is 16.2 Å². The average molecular weight is 357 g/mol. The van der Waals surface area contributed by atoms with E-state index in [9.17, 15) is 9.90 Å². The van der Waals surface area contributed by atoms with Gasteiger partial charge >= 0.3 is 6.03 Å². The highest BCUT2D eigenvalue weighted by Gasteiger charge is 2.16. The summed E-state index contributed by atoms with van der Waals surface area (Å²) in [4.78, 5) is 16.3. The van der Waals surface area contributed by atoms with E-state index in [-0.39, 0.29) is 19.2 Å². The van der Waals surface area contributed by atoms with E-state index in [1.54, 1.807) is 12.0 Å². The molecule has 2 rings (SSSR count). The number of anilines is 2. The number of para-hydroxylation sites is 1. The van der Waals surface area contributed by atoms with Crippen molar-refractivity contribution in [3.8, 4) is 5.75 Å². The second kappa shape index (κ2) is 9.10. The van der Waals surface area contributed by atoms with Gasteiger partial charge in [0.25, 0.3) is 0 Å². The van der Waals surface area contributed by atoms with Gasteiger partial charge < -0.3 is 25.0 Å². The lowest BCUT2D eigenvalue weighted by Gasteiger charge is -2.24. The van der Waals surface area contributed by atoms with Crippen molar-refractivity contribution < 1.29 is 14.6 Å². The monoisotopic (exact) mass is 357 g/mol. The van der Waals surface area contributed by atoms with Crippen LogP contribution in [-0.4, -0.2) is 50.4 Å². The number of benzene rings is 2. The molecule has 0 aliphatic heterocycles. The van der Waals surface area contributed by atoms with Crippen LogP contribution in [0.3, 0.4) is 0 Å². The summed E-state index contributed by atoms with van der Waals surface area (Å²) in [5.41, 5.74) is 3.69. The number of nitrogens with one attached hydrogen (secondary N) is 1. The van der Waals surface area contributed by atoms with E-state index in [0.717, 1.165) is 28.3 Å². The number of rotatable bonds is 7. The number of aliphatic hydroxyl groups is 1. The Hall–Kier alpha value is -2.73. The number of carbonyl (C=O) groups is 1. The molecule has 0 radical (unpaired) electrons. The van der Waals surface area contributed by atoms with Crippen molar-refractivity contribution in [1.29, 1.82) is 0 Å². The zero-order valence-electron chi connectivity index (χ0n) is 15.8. The van der Waals surface area contributed by atoms with Gasteiger partial charge in [-0.3, -0.25) is 0 Å². The lowest BCUT2D eigenvalue weighted by molar-refractivity contribution is 0.184. The van der Waals surface area contributed by atoms with Gasteiger partial charge in [-0.05, 0) is 36.8 Å². The molecule has 0 spiro atoms. The molecule has 6 heteroatoms. The van der Waals surface area contributed by atoms with Crippen LogP contribution in [0, 0.1) is 6.92 Å². The van der Waals surface area contributed by atoms with E-state index >= 15 is 0 Å². The smallest absolute Gasteiger partial charge is 0.322 e. The van der Waals surface area contributed by atoms with Crippen LogP contribution in [0.1, 0.15) is 11.1 Å². The van der Waals surface area contributed by atoms with Crippen LogP contribution in [0.5, 0.6) is 5.75 Å². The number of carbonyl (C=O) groups excluding carboxylic acids is 1. The molecule has 0 bridgehead atoms. The number of aliphatic hydroxyl groups excluding tert-OH is 1. The topological polar surface area (TPSA) is 65.0 Å². The molecule has 140 valence electrons. The maximum Gasteiger partial charge on any atom is 0.322 e. The summed E-state index contributed by atoms with van der Waals surface area (Å²) >= 11 is 0. The van der Waals surface area contributed by atoms with Crippen LogP contribution in [-0.2, 0) is 6.54 Å². The summed E-state index contributed by atoms with van der Waals surface area (Å²) in [6.45, 7) is 2.43. The summed E-state index contributed by atoms with van der Waals surface area (Å²) in [5.74, 6) is 0.717. The lowest BCUT2D eigenvalue weighted by atomic mass is 10.1. The van der Waals surface area contributed by atoms with Gasteiger partial charge in [-0.25, -0.2) is 4.79 Å². The first-order valence-corrected chi connectivity index (χ1v) is 8.53. The van der Waals surface area contributed by atoms with E-state index in [4.69, 9.17) is 4.74 Å². The van der Waals surface area contributed by atoms with Crippen molar-refractivity contribution in [2.75, 3.05) is 44.6 Å². The Bertz CT molecular complexity index is 747. The highest BCUT2D eigenvalue weighted by molar-refractivity contribution is 5.90. The summed E-state index contributed by atoms with van der Waals surface area (Å²) in [7, 11) is 5.55. The van der Waals surface area contributed by atoms with Gasteiger partial charge in [0.15, 0.2) is 0 Å². The third-order valence-corrected chi connectivity index (χ3v) is 4.18. The maximum absolute atomic E-state index is 12.7. The van der Waals surface area contributed by atoms with Gasteiger partial charge in [0.05, 0.1) is 20.3 Å². The van der Waals surface area contributed by atoms with Gasteiger partial charge in [-0.2, -0.15) is 0 Å². The van der Waals surface area contributed by atoms with Crippen molar-refractivity contribution in [1.82, 2.24) is 4.90 Å². The molecule has 26 heavy (non-hydrogen) atoms. The minimum Gasteiger partial charge on any atom is -0.496 e. The quantitative estimate of drug-likeness (QED) is 0.799. The lowest BCUT2D eigenvalue weighted by Crippen LogP contribution is -2.36. The fraction of sp³-hybridized carbons (Fsp3) is 0.350. The molecule has 0 aromatic heterocycles. The Labute approximate surface area is 155 Å². The van der Waals surface area contributed by atoms with E-state index in [1.165, 1.54) is 0 Å². The Morgan fingerprint density at radius 3 is 2.54 bits per heavy atom. The first kappa shape index (κ1) is 19.6. The molecule has 2 aromatic rings. The fourth-order valence-corrected chi connectivity index (χ4v) is 2.67. The highest BCUT2D eigenvalue weighted by atomic mass is 16.5. The predicted octanol–water partition coefficient (Wildman–Crippen LogP) is 3.10. The molecule has 0 fully saturated rings. The summed E-state index contributed by atoms with van der Waals surface area (Å²) < 4.78 is 5.35. The van der Waals surface area contributed by atoms with Gasteiger partial charge in [0, 0.05) is 37.6 Å². The van der Waals surface area contributed by atoms with E-state index in [1.807, 2.05) is 68.4 Å². The zero-order valence-corrected chi connectivity index (χ0v) is 15.8. The van der Waals surface area contributed by atoms with Crippen LogP contribution in [0.15, 0.2) is 42.5 Å². The van der Waals surface area contributed by atoms with Gasteiger partial charge in [0.2, 0.25) is 0 Å². The van der Waals surface area contributed by atoms with E-state index < -0.39 is 0 Å². The molecule has 2 aromatic carbocycles. The van der Waals surface area contributed by atoms with Crippen molar-refractivity contribution in [2.45, 2.75) is 13.5 Å². The Morgan fingerprint density at radius 1 is 1.19 bits per heavy atom. The molecular formula is C20H27N3O3. The largest absolute Gasteiger partial charge is 0.496 e.